The number of benzene rings is 3. The van der Waals surface area contributed by atoms with Gasteiger partial charge in [-0.1, -0.05) is 17.3 Å². The number of methoxy groups -OCH3 is 5. The Bertz CT molecular complexity index is 1580. The summed E-state index contributed by atoms with van der Waals surface area (Å²) < 4.78 is 34.9. The number of aromatic nitrogens is 3. The van der Waals surface area contributed by atoms with Crippen molar-refractivity contribution in [2.45, 2.75) is 26.1 Å². The van der Waals surface area contributed by atoms with Crippen LogP contribution in [0.4, 0.5) is 5.69 Å². The van der Waals surface area contributed by atoms with Gasteiger partial charge >= 0.3 is 0 Å². The van der Waals surface area contributed by atoms with Gasteiger partial charge in [0.25, 0.3) is 5.91 Å². The smallest absolute Gasteiger partial charge is 0.259 e. The molecule has 1 aliphatic rings. The zero-order valence-corrected chi connectivity index (χ0v) is 25.6. The molecule has 0 saturated carbocycles. The van der Waals surface area contributed by atoms with Crippen molar-refractivity contribution in [1.82, 2.24) is 19.9 Å². The average molecular weight is 604 g/mol. The van der Waals surface area contributed by atoms with E-state index in [0.717, 1.165) is 37.6 Å². The quantitative estimate of drug-likeness (QED) is 0.238. The number of carbonyl (C=O) groups is 1. The summed E-state index contributed by atoms with van der Waals surface area (Å²) in [6.07, 6.45) is 2.81. The first-order valence-electron chi connectivity index (χ1n) is 14.1. The molecule has 0 unspecified atom stereocenters. The van der Waals surface area contributed by atoms with Crippen molar-refractivity contribution in [2.24, 2.45) is 0 Å². The number of carbonyl (C=O) groups excluding carboxylic acids is 1. The maximum Gasteiger partial charge on any atom is 0.259 e. The van der Waals surface area contributed by atoms with Gasteiger partial charge in [-0.25, -0.2) is 0 Å². The van der Waals surface area contributed by atoms with Gasteiger partial charge in [-0.05, 0) is 41.8 Å². The Morgan fingerprint density at radius 1 is 0.818 bits per heavy atom. The number of fused-ring (bicyclic) bond motifs is 1. The van der Waals surface area contributed by atoms with Crippen molar-refractivity contribution in [3.63, 3.8) is 0 Å². The molecule has 1 N–H and O–H groups in total. The van der Waals surface area contributed by atoms with Crippen LogP contribution >= 0.6 is 0 Å². The molecule has 0 spiro atoms. The number of amides is 1. The predicted octanol–water partition coefficient (Wildman–Crippen LogP) is 4.21. The van der Waals surface area contributed by atoms with Crippen molar-refractivity contribution in [2.75, 3.05) is 54.0 Å². The second-order valence-corrected chi connectivity index (χ2v) is 10.1. The van der Waals surface area contributed by atoms with Crippen LogP contribution in [0.25, 0.3) is 0 Å². The van der Waals surface area contributed by atoms with Gasteiger partial charge < -0.3 is 33.7 Å². The van der Waals surface area contributed by atoms with Crippen LogP contribution in [0.15, 0.2) is 54.7 Å². The van der Waals surface area contributed by atoms with E-state index in [1.54, 1.807) is 44.6 Å². The minimum Gasteiger partial charge on any atom is -0.493 e. The zero-order chi connectivity index (χ0) is 31.1. The summed E-state index contributed by atoms with van der Waals surface area (Å²) in [6.45, 7) is 3.44. The number of para-hydroxylation sites is 1. The van der Waals surface area contributed by atoms with Gasteiger partial charge in [0.1, 0.15) is 18.1 Å². The van der Waals surface area contributed by atoms with Crippen molar-refractivity contribution < 1.29 is 33.2 Å². The topological polar surface area (TPSA) is 118 Å². The number of nitrogens with zero attached hydrogens (tertiary/aromatic N) is 4. The van der Waals surface area contributed by atoms with Gasteiger partial charge in [0.2, 0.25) is 5.75 Å². The third-order valence-corrected chi connectivity index (χ3v) is 7.46. The molecule has 1 aliphatic heterocycles. The highest BCUT2D eigenvalue weighted by Gasteiger charge is 2.20. The van der Waals surface area contributed by atoms with Crippen LogP contribution in [0, 0.1) is 0 Å². The number of hydrogen-bond donors (Lipinski definition) is 1. The molecule has 1 amide bonds. The lowest BCUT2D eigenvalue weighted by Crippen LogP contribution is -2.33. The van der Waals surface area contributed by atoms with Gasteiger partial charge in [0.15, 0.2) is 23.0 Å². The number of rotatable bonds is 13. The number of hydrogen-bond acceptors (Lipinski definition) is 10. The monoisotopic (exact) mass is 603 g/mol. The van der Waals surface area contributed by atoms with E-state index in [-0.39, 0.29) is 12.5 Å². The average Bonchev–Trinajstić information content (AvgIpc) is 3.52. The van der Waals surface area contributed by atoms with Crippen LogP contribution in [-0.2, 0) is 26.1 Å². The van der Waals surface area contributed by atoms with Crippen molar-refractivity contribution in [3.05, 3.63) is 77.1 Å². The fourth-order valence-corrected chi connectivity index (χ4v) is 5.17. The largest absolute Gasteiger partial charge is 0.493 e. The molecule has 0 bridgehead atoms. The maximum atomic E-state index is 13.2. The maximum absolute atomic E-state index is 13.2. The summed E-state index contributed by atoms with van der Waals surface area (Å²) in [7, 11) is 7.87. The molecule has 0 fully saturated rings. The van der Waals surface area contributed by atoms with Crippen molar-refractivity contribution >= 4 is 11.6 Å². The molecule has 0 radical (unpaired) electrons. The second-order valence-electron chi connectivity index (χ2n) is 10.1. The number of nitrogens with one attached hydrogen (secondary N) is 1. The second kappa shape index (κ2) is 14.0. The molecule has 0 saturated heterocycles. The molecule has 3 aromatic carbocycles. The number of anilines is 1. The summed E-state index contributed by atoms with van der Waals surface area (Å²) >= 11 is 0. The van der Waals surface area contributed by atoms with Crippen LogP contribution in [0.5, 0.6) is 34.5 Å². The molecule has 44 heavy (non-hydrogen) atoms. The lowest BCUT2D eigenvalue weighted by molar-refractivity contribution is 0.102. The summed E-state index contributed by atoms with van der Waals surface area (Å²) in [4.78, 5) is 15.6. The predicted molar refractivity (Wildman–Crippen MR) is 163 cm³/mol. The highest BCUT2D eigenvalue weighted by atomic mass is 16.5. The zero-order valence-electron chi connectivity index (χ0n) is 25.6. The molecular weight excluding hydrogens is 566 g/mol. The molecule has 232 valence electrons. The van der Waals surface area contributed by atoms with Crippen LogP contribution in [0.1, 0.15) is 27.2 Å². The molecule has 5 rings (SSSR count). The lowest BCUT2D eigenvalue weighted by Gasteiger charge is -2.29. The molecular formula is C32H37N5O7. The normalized spacial score (nSPS) is 12.7. The standard InChI is InChI=1S/C32H37N5O7/c1-39-27-14-21-10-11-36(18-22(21)15-28(27)40-2)12-13-37-19-24(34-35-37)20-44-26-9-7-6-8-25(26)32(38)33-23-16-29(41-3)31(43-5)30(17-23)42-4/h6-9,14-17,19H,10-13,18,20H2,1-5H3,(H,33,38). The van der Waals surface area contributed by atoms with E-state index in [2.05, 4.69) is 32.7 Å². The first-order chi connectivity index (χ1) is 21.5. The number of ether oxygens (including phenoxy) is 6. The minimum absolute atomic E-state index is 0.160. The van der Waals surface area contributed by atoms with Gasteiger partial charge in [-0.2, -0.15) is 0 Å². The van der Waals surface area contributed by atoms with E-state index in [0.29, 0.717) is 46.5 Å². The fraction of sp³-hybridized carbons (Fsp3) is 0.344. The first-order valence-corrected chi connectivity index (χ1v) is 14.1. The Balaban J connectivity index is 1.18. The fourth-order valence-electron chi connectivity index (χ4n) is 5.17. The van der Waals surface area contributed by atoms with E-state index in [9.17, 15) is 4.79 Å². The Hall–Kier alpha value is -4.97. The summed E-state index contributed by atoms with van der Waals surface area (Å²) in [5.41, 5.74) is 4.04. The Kier molecular flexibility index (Phi) is 9.70. The summed E-state index contributed by atoms with van der Waals surface area (Å²) in [5.74, 6) is 2.88. The first kappa shape index (κ1) is 30.5. The van der Waals surface area contributed by atoms with E-state index in [1.165, 1.54) is 32.5 Å². The van der Waals surface area contributed by atoms with E-state index in [4.69, 9.17) is 28.4 Å². The van der Waals surface area contributed by atoms with Gasteiger partial charge in [0, 0.05) is 37.5 Å². The summed E-state index contributed by atoms with van der Waals surface area (Å²) in [5, 5.41) is 11.4. The molecule has 1 aromatic heterocycles. The molecule has 0 atom stereocenters. The lowest BCUT2D eigenvalue weighted by atomic mass is 9.99. The third kappa shape index (κ3) is 6.81. The molecule has 12 heteroatoms. The molecule has 4 aromatic rings. The van der Waals surface area contributed by atoms with Gasteiger partial charge in [0.05, 0.1) is 53.9 Å². The van der Waals surface area contributed by atoms with Crippen molar-refractivity contribution in [1.29, 1.82) is 0 Å². The van der Waals surface area contributed by atoms with Crippen LogP contribution in [0.3, 0.4) is 0 Å². The van der Waals surface area contributed by atoms with Crippen molar-refractivity contribution in [3.8, 4) is 34.5 Å². The van der Waals surface area contributed by atoms with Crippen LogP contribution < -0.4 is 33.7 Å². The SMILES string of the molecule is COc1cc2c(cc1OC)CN(CCn1cc(COc3ccccc3C(=O)Nc3cc(OC)c(OC)c(OC)c3)nn1)CC2. The molecule has 2 heterocycles. The third-order valence-electron chi connectivity index (χ3n) is 7.46. The summed E-state index contributed by atoms with van der Waals surface area (Å²) in [6, 6.07) is 14.5. The van der Waals surface area contributed by atoms with E-state index < -0.39 is 0 Å². The molecule has 12 nitrogen and oxygen atoms in total. The minimum atomic E-state index is -0.349. The van der Waals surface area contributed by atoms with E-state index in [1.807, 2.05) is 16.9 Å². The molecule has 0 aliphatic carbocycles. The van der Waals surface area contributed by atoms with Crippen LogP contribution in [0.2, 0.25) is 0 Å². The van der Waals surface area contributed by atoms with Crippen LogP contribution in [-0.4, -0.2) is 74.4 Å². The Morgan fingerprint density at radius 2 is 1.50 bits per heavy atom. The Morgan fingerprint density at radius 3 is 2.18 bits per heavy atom. The van der Waals surface area contributed by atoms with Gasteiger partial charge in [-0.15, -0.1) is 5.10 Å². The highest BCUT2D eigenvalue weighted by Crippen LogP contribution is 2.40. The van der Waals surface area contributed by atoms with E-state index >= 15 is 0 Å². The highest BCUT2D eigenvalue weighted by molar-refractivity contribution is 6.06. The Labute approximate surface area is 256 Å². The van der Waals surface area contributed by atoms with Gasteiger partial charge in [-0.3, -0.25) is 14.4 Å².